The summed E-state index contributed by atoms with van der Waals surface area (Å²) >= 11 is 0. The van der Waals surface area contributed by atoms with E-state index in [0.717, 1.165) is 12.8 Å². The highest BCUT2D eigenvalue weighted by Crippen LogP contribution is 2.11. The van der Waals surface area contributed by atoms with Crippen LogP contribution in [-0.2, 0) is 4.79 Å². The molecule has 1 unspecified atom stereocenters. The summed E-state index contributed by atoms with van der Waals surface area (Å²) in [5.74, 6) is 0.0236. The molecule has 3 heteroatoms. The minimum Gasteiger partial charge on any atom is -0.385 e. The smallest absolute Gasteiger partial charge is 0.161 e. The summed E-state index contributed by atoms with van der Waals surface area (Å²) in [5.41, 5.74) is 0. The average Bonchev–Trinajstić information content (AvgIpc) is 2.45. The van der Waals surface area contributed by atoms with Gasteiger partial charge in [0.15, 0.2) is 5.78 Å². The Kier molecular flexibility index (Phi) is 20.3. The summed E-state index contributed by atoms with van der Waals surface area (Å²) in [6.45, 7) is 4.08. The Morgan fingerprint density at radius 3 is 1.70 bits per heavy atom. The summed E-state index contributed by atoms with van der Waals surface area (Å²) in [7, 11) is 3.75. The van der Waals surface area contributed by atoms with E-state index < -0.39 is 6.10 Å². The summed E-state index contributed by atoms with van der Waals surface area (Å²) in [5, 5.41) is 12.1. The van der Waals surface area contributed by atoms with E-state index >= 15 is 0 Å². The van der Waals surface area contributed by atoms with E-state index in [1.54, 1.807) is 0 Å². The zero-order chi connectivity index (χ0) is 15.6. The van der Waals surface area contributed by atoms with Gasteiger partial charge >= 0.3 is 0 Å². The molecule has 0 spiro atoms. The van der Waals surface area contributed by atoms with Gasteiger partial charge in [-0.2, -0.15) is 0 Å². The second-order valence-corrected chi connectivity index (χ2v) is 5.47. The van der Waals surface area contributed by atoms with Gasteiger partial charge in [-0.1, -0.05) is 65.2 Å². The van der Waals surface area contributed by atoms with Gasteiger partial charge in [-0.05, 0) is 26.9 Å². The number of rotatable bonds is 12. The molecule has 0 aliphatic heterocycles. The molecule has 0 saturated heterocycles. The van der Waals surface area contributed by atoms with Crippen LogP contribution in [0.15, 0.2) is 0 Å². The standard InChI is InChI=1S/C15H30O2.C2H7N/c1-3-5-6-7-8-9-10-11-12-13-15(17)14(16)4-2;1-3-2/h14,16H,3-13H2,1-2H3;3H,1-2H3. The maximum Gasteiger partial charge on any atom is 0.161 e. The highest BCUT2D eigenvalue weighted by molar-refractivity contribution is 5.82. The average molecular weight is 287 g/mol. The normalized spacial score (nSPS) is 11.7. The number of nitrogens with one attached hydrogen (secondary N) is 1. The molecule has 0 rings (SSSR count). The number of hydrogen-bond acceptors (Lipinski definition) is 3. The number of carbonyl (C=O) groups excluding carboxylic acids is 1. The molecule has 0 aliphatic rings. The molecule has 0 aliphatic carbocycles. The minimum atomic E-state index is -0.718. The Labute approximate surface area is 126 Å². The van der Waals surface area contributed by atoms with E-state index in [9.17, 15) is 9.90 Å². The third-order valence-corrected chi connectivity index (χ3v) is 3.29. The third-order valence-electron chi connectivity index (χ3n) is 3.29. The van der Waals surface area contributed by atoms with Crippen molar-refractivity contribution in [3.63, 3.8) is 0 Å². The molecule has 0 aromatic rings. The van der Waals surface area contributed by atoms with Gasteiger partial charge in [0.1, 0.15) is 6.10 Å². The van der Waals surface area contributed by atoms with Gasteiger partial charge < -0.3 is 10.4 Å². The highest BCUT2D eigenvalue weighted by atomic mass is 16.3. The van der Waals surface area contributed by atoms with Crippen LogP contribution >= 0.6 is 0 Å². The van der Waals surface area contributed by atoms with Crippen LogP contribution in [0.3, 0.4) is 0 Å². The molecule has 122 valence electrons. The van der Waals surface area contributed by atoms with E-state index in [0.29, 0.717) is 12.8 Å². The summed E-state index contributed by atoms with van der Waals surface area (Å²) < 4.78 is 0. The molecular weight excluding hydrogens is 250 g/mol. The third kappa shape index (κ3) is 17.6. The van der Waals surface area contributed by atoms with E-state index in [1.165, 1.54) is 44.9 Å². The molecule has 0 aromatic heterocycles. The molecule has 0 amide bonds. The lowest BCUT2D eigenvalue weighted by atomic mass is 10.0. The molecule has 1 atom stereocenters. The van der Waals surface area contributed by atoms with Gasteiger partial charge in [0.2, 0.25) is 0 Å². The van der Waals surface area contributed by atoms with Gasteiger partial charge in [-0.15, -0.1) is 0 Å². The Morgan fingerprint density at radius 2 is 1.30 bits per heavy atom. The lowest BCUT2D eigenvalue weighted by Crippen LogP contribution is -2.18. The lowest BCUT2D eigenvalue weighted by Gasteiger charge is -2.06. The van der Waals surface area contributed by atoms with Crippen LogP contribution in [0.25, 0.3) is 0 Å². The van der Waals surface area contributed by atoms with Crippen LogP contribution in [0.1, 0.15) is 84.5 Å². The monoisotopic (exact) mass is 287 g/mol. The predicted molar refractivity (Wildman–Crippen MR) is 88.1 cm³/mol. The molecular formula is C17H37NO2. The van der Waals surface area contributed by atoms with Crippen molar-refractivity contribution < 1.29 is 9.90 Å². The first-order valence-corrected chi connectivity index (χ1v) is 8.43. The zero-order valence-electron chi connectivity index (χ0n) is 14.2. The van der Waals surface area contributed by atoms with E-state index in [-0.39, 0.29) is 5.78 Å². The Bertz CT molecular complexity index is 195. The number of ketones is 1. The van der Waals surface area contributed by atoms with Crippen molar-refractivity contribution in [1.29, 1.82) is 0 Å². The second-order valence-electron chi connectivity index (χ2n) is 5.47. The van der Waals surface area contributed by atoms with Gasteiger partial charge in [-0.3, -0.25) is 4.79 Å². The Balaban J connectivity index is 0. The Hall–Kier alpha value is -0.410. The molecule has 0 bridgehead atoms. The fourth-order valence-corrected chi connectivity index (χ4v) is 2.00. The number of Topliss-reactive ketones (excluding diaryl/α,β-unsaturated/α-hetero) is 1. The number of aliphatic hydroxyl groups excluding tert-OH is 1. The predicted octanol–water partition coefficient (Wildman–Crippen LogP) is 4.08. The SMILES string of the molecule is CCCCCCCCCCCC(=O)C(O)CC.CNC. The maximum atomic E-state index is 11.3. The zero-order valence-corrected chi connectivity index (χ0v) is 14.2. The topological polar surface area (TPSA) is 49.3 Å². The summed E-state index contributed by atoms with van der Waals surface area (Å²) in [6, 6.07) is 0. The maximum absolute atomic E-state index is 11.3. The van der Waals surface area contributed by atoms with E-state index in [1.807, 2.05) is 21.0 Å². The van der Waals surface area contributed by atoms with Crippen molar-refractivity contribution in [2.24, 2.45) is 0 Å². The van der Waals surface area contributed by atoms with Crippen LogP contribution in [0.4, 0.5) is 0 Å². The number of aliphatic hydroxyl groups is 1. The van der Waals surface area contributed by atoms with E-state index in [2.05, 4.69) is 12.2 Å². The fraction of sp³-hybridized carbons (Fsp3) is 0.941. The van der Waals surface area contributed by atoms with Gasteiger partial charge in [0, 0.05) is 6.42 Å². The van der Waals surface area contributed by atoms with Crippen LogP contribution in [0.5, 0.6) is 0 Å². The summed E-state index contributed by atoms with van der Waals surface area (Å²) in [6.07, 6.45) is 11.8. The molecule has 0 saturated carbocycles. The highest BCUT2D eigenvalue weighted by Gasteiger charge is 2.10. The van der Waals surface area contributed by atoms with Gasteiger partial charge in [0.05, 0.1) is 0 Å². The van der Waals surface area contributed by atoms with Crippen molar-refractivity contribution in [2.45, 2.75) is 90.6 Å². The molecule has 0 fully saturated rings. The number of carbonyl (C=O) groups is 1. The van der Waals surface area contributed by atoms with Crippen LogP contribution < -0.4 is 5.32 Å². The van der Waals surface area contributed by atoms with Crippen LogP contribution in [-0.4, -0.2) is 31.1 Å². The first-order chi connectivity index (χ1) is 9.63. The molecule has 2 N–H and O–H groups in total. The molecule has 3 nitrogen and oxygen atoms in total. The molecule has 0 aromatic carbocycles. The van der Waals surface area contributed by atoms with Crippen molar-refractivity contribution in [3.05, 3.63) is 0 Å². The fourth-order valence-electron chi connectivity index (χ4n) is 2.00. The largest absolute Gasteiger partial charge is 0.385 e. The number of hydrogen-bond donors (Lipinski definition) is 2. The molecule has 20 heavy (non-hydrogen) atoms. The molecule has 0 radical (unpaired) electrons. The van der Waals surface area contributed by atoms with E-state index in [4.69, 9.17) is 0 Å². The Morgan fingerprint density at radius 1 is 0.900 bits per heavy atom. The van der Waals surface area contributed by atoms with Crippen molar-refractivity contribution in [1.82, 2.24) is 5.32 Å². The second kappa shape index (κ2) is 18.6. The first kappa shape index (κ1) is 21.9. The lowest BCUT2D eigenvalue weighted by molar-refractivity contribution is -0.127. The quantitative estimate of drug-likeness (QED) is 0.532. The minimum absolute atomic E-state index is 0.0236. The van der Waals surface area contributed by atoms with Gasteiger partial charge in [-0.25, -0.2) is 0 Å². The van der Waals surface area contributed by atoms with Crippen LogP contribution in [0, 0.1) is 0 Å². The van der Waals surface area contributed by atoms with Crippen molar-refractivity contribution in [2.75, 3.05) is 14.1 Å². The van der Waals surface area contributed by atoms with Crippen molar-refractivity contribution >= 4 is 5.78 Å². The first-order valence-electron chi connectivity index (χ1n) is 8.43. The number of unbranched alkanes of at least 4 members (excludes halogenated alkanes) is 8. The van der Waals surface area contributed by atoms with Crippen LogP contribution in [0.2, 0.25) is 0 Å². The molecule has 0 heterocycles. The summed E-state index contributed by atoms with van der Waals surface area (Å²) in [4.78, 5) is 11.3. The van der Waals surface area contributed by atoms with Crippen molar-refractivity contribution in [3.8, 4) is 0 Å². The van der Waals surface area contributed by atoms with Gasteiger partial charge in [0.25, 0.3) is 0 Å².